The van der Waals surface area contributed by atoms with Gasteiger partial charge in [-0.3, -0.25) is 4.79 Å². The number of likely N-dealkylation sites (tertiary alicyclic amines) is 1. The fourth-order valence-electron chi connectivity index (χ4n) is 2.96. The van der Waals surface area contributed by atoms with Gasteiger partial charge in [0.1, 0.15) is 0 Å². The highest BCUT2D eigenvalue weighted by Gasteiger charge is 2.26. The van der Waals surface area contributed by atoms with Crippen molar-refractivity contribution in [1.82, 2.24) is 10.2 Å². The number of amides is 1. The van der Waals surface area contributed by atoms with Crippen LogP contribution in [0.1, 0.15) is 30.1 Å². The average Bonchev–Trinajstić information content (AvgIpc) is 3.02. The number of ether oxygens (including phenoxy) is 2. The van der Waals surface area contributed by atoms with Gasteiger partial charge in [-0.2, -0.15) is 0 Å². The van der Waals surface area contributed by atoms with Gasteiger partial charge in [-0.1, -0.05) is 6.92 Å². The van der Waals surface area contributed by atoms with E-state index in [4.69, 9.17) is 9.47 Å². The molecule has 3 rings (SSSR count). The summed E-state index contributed by atoms with van der Waals surface area (Å²) in [7, 11) is 0. The highest BCUT2D eigenvalue weighted by molar-refractivity contribution is 9.10. The second-order valence-electron chi connectivity index (χ2n) is 5.74. The zero-order valence-corrected chi connectivity index (χ0v) is 14.3. The lowest BCUT2D eigenvalue weighted by Gasteiger charge is -2.32. The number of benzene rings is 1. The molecular formula is C16H21BrN2O3. The third kappa shape index (κ3) is 3.22. The Morgan fingerprint density at radius 1 is 1.36 bits per heavy atom. The molecule has 22 heavy (non-hydrogen) atoms. The molecule has 0 aliphatic carbocycles. The van der Waals surface area contributed by atoms with E-state index < -0.39 is 0 Å². The molecule has 0 saturated carbocycles. The fourth-order valence-corrected chi connectivity index (χ4v) is 3.52. The van der Waals surface area contributed by atoms with Crippen LogP contribution in [0.5, 0.6) is 11.5 Å². The van der Waals surface area contributed by atoms with Crippen LogP contribution in [0.4, 0.5) is 0 Å². The zero-order chi connectivity index (χ0) is 15.5. The number of hydrogen-bond donors (Lipinski definition) is 1. The molecule has 0 radical (unpaired) electrons. The van der Waals surface area contributed by atoms with E-state index in [1.54, 1.807) is 6.07 Å². The summed E-state index contributed by atoms with van der Waals surface area (Å²) < 4.78 is 11.5. The van der Waals surface area contributed by atoms with Gasteiger partial charge in [-0.25, -0.2) is 0 Å². The van der Waals surface area contributed by atoms with Crippen LogP contribution in [-0.4, -0.2) is 43.8 Å². The predicted octanol–water partition coefficient (Wildman–Crippen LogP) is 2.64. The first-order chi connectivity index (χ1) is 10.7. The minimum Gasteiger partial charge on any atom is -0.454 e. The predicted molar refractivity (Wildman–Crippen MR) is 87.4 cm³/mol. The first kappa shape index (κ1) is 15.6. The van der Waals surface area contributed by atoms with Crippen LogP contribution in [0.2, 0.25) is 0 Å². The number of nitrogens with one attached hydrogen (secondary N) is 1. The van der Waals surface area contributed by atoms with Crippen LogP contribution in [-0.2, 0) is 0 Å². The van der Waals surface area contributed by atoms with Gasteiger partial charge in [0.15, 0.2) is 11.5 Å². The molecule has 0 unspecified atom stereocenters. The summed E-state index contributed by atoms with van der Waals surface area (Å²) >= 11 is 3.44. The Morgan fingerprint density at radius 3 is 2.86 bits per heavy atom. The number of nitrogens with zero attached hydrogens (tertiary/aromatic N) is 1. The van der Waals surface area contributed by atoms with E-state index in [-0.39, 0.29) is 12.7 Å². The molecule has 1 saturated heterocycles. The maximum atomic E-state index is 12.7. The second kappa shape index (κ2) is 6.87. The van der Waals surface area contributed by atoms with Crippen LogP contribution >= 0.6 is 15.9 Å². The van der Waals surface area contributed by atoms with Crippen molar-refractivity contribution in [1.29, 1.82) is 0 Å². The van der Waals surface area contributed by atoms with E-state index in [9.17, 15) is 4.79 Å². The third-order valence-corrected chi connectivity index (χ3v) is 4.85. The molecule has 1 N–H and O–H groups in total. The van der Waals surface area contributed by atoms with Crippen LogP contribution in [0.3, 0.4) is 0 Å². The van der Waals surface area contributed by atoms with Gasteiger partial charge in [-0.15, -0.1) is 0 Å². The van der Waals surface area contributed by atoms with Crippen molar-refractivity contribution in [2.45, 2.75) is 19.8 Å². The lowest BCUT2D eigenvalue weighted by Crippen LogP contribution is -2.40. The standard InChI is InChI=1S/C16H21BrN2O3/c1-2-18-9-11-3-5-19(6-4-11)16(20)12-7-13(17)15-14(8-12)21-10-22-15/h7-8,11,18H,2-6,9-10H2,1H3. The van der Waals surface area contributed by atoms with Crippen LogP contribution < -0.4 is 14.8 Å². The van der Waals surface area contributed by atoms with Crippen molar-refractivity contribution in [3.8, 4) is 11.5 Å². The Hall–Kier alpha value is -1.27. The molecule has 1 aromatic rings. The number of piperidine rings is 1. The van der Waals surface area contributed by atoms with Crippen molar-refractivity contribution in [2.75, 3.05) is 33.0 Å². The molecule has 6 heteroatoms. The van der Waals surface area contributed by atoms with Crippen LogP contribution in [0.25, 0.3) is 0 Å². The van der Waals surface area contributed by atoms with E-state index in [2.05, 4.69) is 28.2 Å². The van der Waals surface area contributed by atoms with Gasteiger partial charge in [0.05, 0.1) is 4.47 Å². The van der Waals surface area contributed by atoms with Gasteiger partial charge >= 0.3 is 0 Å². The molecular weight excluding hydrogens is 348 g/mol. The summed E-state index contributed by atoms with van der Waals surface area (Å²) in [5.74, 6) is 2.06. The van der Waals surface area contributed by atoms with E-state index in [0.717, 1.165) is 43.5 Å². The van der Waals surface area contributed by atoms with Gasteiger partial charge in [-0.05, 0) is 59.9 Å². The van der Waals surface area contributed by atoms with Gasteiger partial charge < -0.3 is 19.7 Å². The lowest BCUT2D eigenvalue weighted by molar-refractivity contribution is 0.0690. The minimum atomic E-state index is 0.0703. The molecule has 120 valence electrons. The Labute approximate surface area is 139 Å². The van der Waals surface area contributed by atoms with Gasteiger partial charge in [0.2, 0.25) is 6.79 Å². The third-order valence-electron chi connectivity index (χ3n) is 4.26. The molecule has 2 heterocycles. The summed E-state index contributed by atoms with van der Waals surface area (Å²) in [5.41, 5.74) is 0.654. The maximum absolute atomic E-state index is 12.7. The molecule has 0 spiro atoms. The average molecular weight is 369 g/mol. The van der Waals surface area contributed by atoms with Gasteiger partial charge in [0, 0.05) is 18.7 Å². The van der Waals surface area contributed by atoms with Crippen molar-refractivity contribution in [3.05, 3.63) is 22.2 Å². The number of fused-ring (bicyclic) bond motifs is 1. The van der Waals surface area contributed by atoms with Crippen molar-refractivity contribution >= 4 is 21.8 Å². The minimum absolute atomic E-state index is 0.0703. The Balaban J connectivity index is 1.64. The maximum Gasteiger partial charge on any atom is 0.254 e. The van der Waals surface area contributed by atoms with Crippen LogP contribution in [0, 0.1) is 5.92 Å². The number of hydrogen-bond acceptors (Lipinski definition) is 4. The van der Waals surface area contributed by atoms with E-state index in [1.807, 2.05) is 11.0 Å². The molecule has 5 nitrogen and oxygen atoms in total. The molecule has 0 aromatic heterocycles. The highest BCUT2D eigenvalue weighted by Crippen LogP contribution is 2.40. The Kier molecular flexibility index (Phi) is 4.88. The largest absolute Gasteiger partial charge is 0.454 e. The quantitative estimate of drug-likeness (QED) is 0.887. The van der Waals surface area contributed by atoms with E-state index >= 15 is 0 Å². The van der Waals surface area contributed by atoms with E-state index in [1.165, 1.54) is 0 Å². The summed E-state index contributed by atoms with van der Waals surface area (Å²) in [6.07, 6.45) is 2.12. The van der Waals surface area contributed by atoms with E-state index in [0.29, 0.717) is 23.0 Å². The monoisotopic (exact) mass is 368 g/mol. The normalized spacial score (nSPS) is 17.8. The lowest BCUT2D eigenvalue weighted by atomic mass is 9.96. The number of rotatable bonds is 4. The SMILES string of the molecule is CCNCC1CCN(C(=O)c2cc(Br)c3c(c2)OCO3)CC1. The number of carbonyl (C=O) groups excluding carboxylic acids is 1. The zero-order valence-electron chi connectivity index (χ0n) is 12.7. The first-order valence-electron chi connectivity index (χ1n) is 7.78. The smallest absolute Gasteiger partial charge is 0.254 e. The summed E-state index contributed by atoms with van der Waals surface area (Å²) in [5, 5.41) is 3.39. The molecule has 2 aliphatic rings. The van der Waals surface area contributed by atoms with Crippen molar-refractivity contribution in [3.63, 3.8) is 0 Å². The molecule has 1 amide bonds. The van der Waals surface area contributed by atoms with Crippen molar-refractivity contribution < 1.29 is 14.3 Å². The number of halogens is 1. The Bertz CT molecular complexity index is 557. The summed E-state index contributed by atoms with van der Waals surface area (Å²) in [6, 6.07) is 3.60. The van der Waals surface area contributed by atoms with Crippen molar-refractivity contribution in [2.24, 2.45) is 5.92 Å². The number of carbonyl (C=O) groups is 1. The summed E-state index contributed by atoms with van der Waals surface area (Å²) in [6.45, 7) is 6.03. The first-order valence-corrected chi connectivity index (χ1v) is 8.57. The molecule has 1 aromatic carbocycles. The van der Waals surface area contributed by atoms with Gasteiger partial charge in [0.25, 0.3) is 5.91 Å². The summed E-state index contributed by atoms with van der Waals surface area (Å²) in [4.78, 5) is 14.6. The second-order valence-corrected chi connectivity index (χ2v) is 6.59. The topological polar surface area (TPSA) is 50.8 Å². The fraction of sp³-hybridized carbons (Fsp3) is 0.562. The molecule has 0 atom stereocenters. The van der Waals surface area contributed by atoms with Crippen LogP contribution in [0.15, 0.2) is 16.6 Å². The highest BCUT2D eigenvalue weighted by atomic mass is 79.9. The molecule has 0 bridgehead atoms. The molecule has 2 aliphatic heterocycles. The molecule has 1 fully saturated rings. The Morgan fingerprint density at radius 2 is 2.14 bits per heavy atom.